The van der Waals surface area contributed by atoms with Gasteiger partial charge in [-0.15, -0.1) is 0 Å². The number of benzene rings is 1. The number of amides is 2. The van der Waals surface area contributed by atoms with Crippen LogP contribution in [0.2, 0.25) is 0 Å². The molecule has 1 aromatic carbocycles. The van der Waals surface area contributed by atoms with Crippen molar-refractivity contribution in [3.8, 4) is 0 Å². The normalized spacial score (nSPS) is 20.6. The highest BCUT2D eigenvalue weighted by Crippen LogP contribution is 2.37. The average molecular weight is 530 g/mol. The van der Waals surface area contributed by atoms with Crippen molar-refractivity contribution in [2.75, 3.05) is 19.7 Å². The van der Waals surface area contributed by atoms with Crippen LogP contribution in [0.1, 0.15) is 92.1 Å². The first-order valence-electron chi connectivity index (χ1n) is 13.6. The van der Waals surface area contributed by atoms with Crippen LogP contribution in [-0.2, 0) is 19.0 Å². The summed E-state index contributed by atoms with van der Waals surface area (Å²) in [5, 5.41) is 0. The molecule has 210 valence electrons. The van der Waals surface area contributed by atoms with Gasteiger partial charge in [-0.25, -0.2) is 24.4 Å². The zero-order valence-electron chi connectivity index (χ0n) is 23.9. The lowest BCUT2D eigenvalue weighted by Crippen LogP contribution is -2.56. The Kier molecular flexibility index (Phi) is 9.44. The standard InChI is InChI=1S/C29H43N3O6/c1-8-36-24(33)21-15-13-20(14-16-21)22-11-9-12-23(19-22)30-25-31(26(34)37-28(2,3)4)17-10-18-32(25)27(35)38-29(5,6)7/h9,11-12,19-21H,8,10,13-18H2,1-7H3. The van der Waals surface area contributed by atoms with Crippen molar-refractivity contribution in [3.05, 3.63) is 29.8 Å². The van der Waals surface area contributed by atoms with Crippen molar-refractivity contribution in [1.82, 2.24) is 9.80 Å². The van der Waals surface area contributed by atoms with Crippen molar-refractivity contribution in [2.45, 2.75) is 97.7 Å². The molecule has 0 spiro atoms. The van der Waals surface area contributed by atoms with Gasteiger partial charge in [0.05, 0.1) is 18.2 Å². The molecular formula is C29H43N3O6. The summed E-state index contributed by atoms with van der Waals surface area (Å²) in [4.78, 5) is 46.0. The lowest BCUT2D eigenvalue weighted by atomic mass is 9.78. The lowest BCUT2D eigenvalue weighted by molar-refractivity contribution is -0.149. The monoisotopic (exact) mass is 529 g/mol. The van der Waals surface area contributed by atoms with Crippen LogP contribution in [0.4, 0.5) is 15.3 Å². The molecule has 2 aliphatic rings. The number of hydrogen-bond donors (Lipinski definition) is 0. The van der Waals surface area contributed by atoms with Crippen molar-refractivity contribution in [3.63, 3.8) is 0 Å². The largest absolute Gasteiger partial charge is 0.466 e. The number of carbonyl (C=O) groups is 3. The Morgan fingerprint density at radius 1 is 0.895 bits per heavy atom. The van der Waals surface area contributed by atoms with Crippen molar-refractivity contribution in [1.29, 1.82) is 0 Å². The minimum absolute atomic E-state index is 0.0401. The topological polar surface area (TPSA) is 97.7 Å². The molecule has 0 radical (unpaired) electrons. The Morgan fingerprint density at radius 2 is 1.45 bits per heavy atom. The van der Waals surface area contributed by atoms with Gasteiger partial charge < -0.3 is 14.2 Å². The van der Waals surface area contributed by atoms with Gasteiger partial charge in [-0.2, -0.15) is 0 Å². The van der Waals surface area contributed by atoms with Gasteiger partial charge in [-0.05, 0) is 104 Å². The lowest BCUT2D eigenvalue weighted by Gasteiger charge is -2.37. The summed E-state index contributed by atoms with van der Waals surface area (Å²) in [5.41, 5.74) is 0.365. The molecular weight excluding hydrogens is 486 g/mol. The molecule has 1 aliphatic heterocycles. The fraction of sp³-hybridized carbons (Fsp3) is 0.655. The predicted octanol–water partition coefficient (Wildman–Crippen LogP) is 6.39. The highest BCUT2D eigenvalue weighted by molar-refractivity contribution is 6.03. The average Bonchev–Trinajstić information content (AvgIpc) is 2.82. The fourth-order valence-electron chi connectivity index (χ4n) is 4.72. The van der Waals surface area contributed by atoms with E-state index in [0.29, 0.717) is 37.7 Å². The van der Waals surface area contributed by atoms with Gasteiger partial charge in [0.1, 0.15) is 11.2 Å². The number of hydrogen-bond acceptors (Lipinski definition) is 7. The predicted molar refractivity (Wildman–Crippen MR) is 145 cm³/mol. The number of ether oxygens (including phenoxy) is 3. The van der Waals surface area contributed by atoms with Gasteiger partial charge >= 0.3 is 18.2 Å². The summed E-state index contributed by atoms with van der Waals surface area (Å²) >= 11 is 0. The quantitative estimate of drug-likeness (QED) is 0.331. The van der Waals surface area contributed by atoms with Crippen LogP contribution in [0.25, 0.3) is 0 Å². The molecule has 0 unspecified atom stereocenters. The second kappa shape index (κ2) is 12.2. The SMILES string of the molecule is CCOC(=O)C1CCC(c2cccc(N=C3N(C(=O)OC(C)(C)C)CCCN3C(=O)OC(C)(C)C)c2)CC1. The number of aliphatic imine (C=N–C) groups is 1. The molecule has 1 saturated carbocycles. The summed E-state index contributed by atoms with van der Waals surface area (Å²) in [5.74, 6) is 0.355. The number of guanidine groups is 1. The van der Waals surface area contributed by atoms with Crippen molar-refractivity contribution in [2.24, 2.45) is 10.9 Å². The molecule has 0 aromatic heterocycles. The van der Waals surface area contributed by atoms with Gasteiger partial charge in [-0.3, -0.25) is 4.79 Å². The highest BCUT2D eigenvalue weighted by Gasteiger charge is 2.37. The van der Waals surface area contributed by atoms with E-state index in [9.17, 15) is 14.4 Å². The second-order valence-electron chi connectivity index (χ2n) is 11.9. The Hall–Kier alpha value is -3.10. The second-order valence-corrected chi connectivity index (χ2v) is 11.9. The number of carbonyl (C=O) groups excluding carboxylic acids is 3. The van der Waals surface area contributed by atoms with Gasteiger partial charge in [0.2, 0.25) is 5.96 Å². The van der Waals surface area contributed by atoms with Gasteiger partial charge in [0.15, 0.2) is 0 Å². The first-order valence-corrected chi connectivity index (χ1v) is 13.6. The van der Waals surface area contributed by atoms with E-state index in [1.807, 2.05) is 25.1 Å². The molecule has 38 heavy (non-hydrogen) atoms. The molecule has 0 bridgehead atoms. The zero-order valence-corrected chi connectivity index (χ0v) is 23.9. The molecule has 0 atom stereocenters. The molecule has 2 fully saturated rings. The van der Waals surface area contributed by atoms with E-state index in [1.165, 1.54) is 9.80 Å². The Bertz CT molecular complexity index is 993. The van der Waals surface area contributed by atoms with Crippen molar-refractivity contribution < 1.29 is 28.6 Å². The van der Waals surface area contributed by atoms with Crippen LogP contribution in [0.5, 0.6) is 0 Å². The summed E-state index contributed by atoms with van der Waals surface area (Å²) in [6.45, 7) is 13.8. The molecule has 0 N–H and O–H groups in total. The van der Waals surface area contributed by atoms with E-state index in [-0.39, 0.29) is 17.8 Å². The summed E-state index contributed by atoms with van der Waals surface area (Å²) < 4.78 is 16.5. The van der Waals surface area contributed by atoms with E-state index < -0.39 is 23.4 Å². The van der Waals surface area contributed by atoms with Crippen LogP contribution in [0.15, 0.2) is 29.3 Å². The van der Waals surface area contributed by atoms with Gasteiger partial charge in [0, 0.05) is 13.1 Å². The third kappa shape index (κ3) is 8.20. The minimum Gasteiger partial charge on any atom is -0.466 e. The van der Waals surface area contributed by atoms with E-state index in [4.69, 9.17) is 19.2 Å². The van der Waals surface area contributed by atoms with E-state index in [0.717, 1.165) is 31.2 Å². The van der Waals surface area contributed by atoms with Crippen molar-refractivity contribution >= 4 is 29.8 Å². The molecule has 9 nitrogen and oxygen atoms in total. The van der Waals surface area contributed by atoms with Crippen LogP contribution in [0, 0.1) is 5.92 Å². The fourth-order valence-corrected chi connectivity index (χ4v) is 4.72. The number of rotatable bonds is 4. The Morgan fingerprint density at radius 3 is 1.95 bits per heavy atom. The Balaban J connectivity index is 1.88. The first kappa shape index (κ1) is 29.5. The minimum atomic E-state index is -0.696. The maximum Gasteiger partial charge on any atom is 0.417 e. The third-order valence-corrected chi connectivity index (χ3v) is 6.39. The first-order chi connectivity index (χ1) is 17.8. The summed E-state index contributed by atoms with van der Waals surface area (Å²) in [7, 11) is 0. The van der Waals surface area contributed by atoms with Gasteiger partial charge in [0.25, 0.3) is 0 Å². The maximum absolute atomic E-state index is 13.1. The smallest absolute Gasteiger partial charge is 0.417 e. The highest BCUT2D eigenvalue weighted by atomic mass is 16.6. The van der Waals surface area contributed by atoms with E-state index in [2.05, 4.69) is 6.07 Å². The molecule has 1 saturated heterocycles. The third-order valence-electron chi connectivity index (χ3n) is 6.39. The van der Waals surface area contributed by atoms with Crippen LogP contribution < -0.4 is 0 Å². The molecule has 2 amide bonds. The van der Waals surface area contributed by atoms with E-state index >= 15 is 0 Å². The number of esters is 1. The van der Waals surface area contributed by atoms with Crippen LogP contribution in [0.3, 0.4) is 0 Å². The molecule has 1 aromatic rings. The molecule has 9 heteroatoms. The summed E-state index contributed by atoms with van der Waals surface area (Å²) in [6.07, 6.45) is 2.81. The Labute approximate surface area is 226 Å². The van der Waals surface area contributed by atoms with Gasteiger partial charge in [-0.1, -0.05) is 12.1 Å². The summed E-state index contributed by atoms with van der Waals surface area (Å²) in [6, 6.07) is 7.86. The molecule has 1 aliphatic carbocycles. The number of nitrogens with zero attached hydrogens (tertiary/aromatic N) is 3. The van der Waals surface area contributed by atoms with Crippen LogP contribution in [-0.4, -0.2) is 64.8 Å². The van der Waals surface area contributed by atoms with E-state index in [1.54, 1.807) is 41.5 Å². The maximum atomic E-state index is 13.1. The zero-order chi connectivity index (χ0) is 28.1. The van der Waals surface area contributed by atoms with Crippen LogP contribution >= 0.6 is 0 Å². The molecule has 1 heterocycles. The molecule has 3 rings (SSSR count).